The number of rotatable bonds is 4. The van der Waals surface area contributed by atoms with E-state index in [2.05, 4.69) is 20.2 Å². The Morgan fingerprint density at radius 2 is 1.86 bits per heavy atom. The quantitative estimate of drug-likeness (QED) is 0.715. The van der Waals surface area contributed by atoms with E-state index >= 15 is 0 Å². The summed E-state index contributed by atoms with van der Waals surface area (Å²) in [6.45, 7) is 3.47. The molecular formula is C23H23FN4O. The molecule has 29 heavy (non-hydrogen) atoms. The van der Waals surface area contributed by atoms with Crippen LogP contribution in [-0.4, -0.2) is 29.0 Å². The van der Waals surface area contributed by atoms with Crippen molar-refractivity contribution in [2.75, 3.05) is 23.3 Å². The SMILES string of the molecule is Cc1ccc(NC(=O)[C@@H]2CCCN(c3ccnc(-c4ccc(F)cc4)n3)C2)cc1. The number of anilines is 2. The monoisotopic (exact) mass is 390 g/mol. The number of piperidine rings is 1. The fourth-order valence-corrected chi connectivity index (χ4v) is 3.54. The van der Waals surface area contributed by atoms with Gasteiger partial charge in [0.1, 0.15) is 11.6 Å². The molecule has 0 aliphatic carbocycles. The molecule has 1 saturated heterocycles. The number of nitrogens with one attached hydrogen (secondary N) is 1. The molecule has 1 fully saturated rings. The minimum absolute atomic E-state index is 0.0337. The molecule has 0 saturated carbocycles. The summed E-state index contributed by atoms with van der Waals surface area (Å²) in [5, 5.41) is 3.02. The molecule has 1 atom stereocenters. The van der Waals surface area contributed by atoms with Crippen molar-refractivity contribution in [1.29, 1.82) is 0 Å². The lowest BCUT2D eigenvalue weighted by molar-refractivity contribution is -0.120. The topological polar surface area (TPSA) is 58.1 Å². The average molecular weight is 390 g/mol. The summed E-state index contributed by atoms with van der Waals surface area (Å²) in [4.78, 5) is 23.8. The first-order valence-electron chi connectivity index (χ1n) is 9.80. The van der Waals surface area contributed by atoms with Crippen LogP contribution in [0.15, 0.2) is 60.8 Å². The number of carbonyl (C=O) groups excluding carboxylic acids is 1. The number of carbonyl (C=O) groups is 1. The Balaban J connectivity index is 1.46. The van der Waals surface area contributed by atoms with Crippen LogP contribution in [-0.2, 0) is 4.79 Å². The molecule has 1 aliphatic rings. The summed E-state index contributed by atoms with van der Waals surface area (Å²) in [6.07, 6.45) is 3.48. The zero-order chi connectivity index (χ0) is 20.2. The second-order valence-corrected chi connectivity index (χ2v) is 7.39. The molecule has 0 unspecified atom stereocenters. The van der Waals surface area contributed by atoms with Crippen molar-refractivity contribution >= 4 is 17.4 Å². The van der Waals surface area contributed by atoms with E-state index in [1.807, 2.05) is 37.3 Å². The van der Waals surface area contributed by atoms with E-state index in [4.69, 9.17) is 0 Å². The van der Waals surface area contributed by atoms with Gasteiger partial charge < -0.3 is 10.2 Å². The molecule has 2 heterocycles. The molecule has 2 aromatic carbocycles. The summed E-state index contributed by atoms with van der Waals surface area (Å²) >= 11 is 0. The van der Waals surface area contributed by atoms with E-state index in [9.17, 15) is 9.18 Å². The molecule has 148 valence electrons. The third-order valence-electron chi connectivity index (χ3n) is 5.18. The highest BCUT2D eigenvalue weighted by molar-refractivity contribution is 5.93. The summed E-state index contributed by atoms with van der Waals surface area (Å²) in [6, 6.07) is 15.8. The van der Waals surface area contributed by atoms with Crippen molar-refractivity contribution in [3.63, 3.8) is 0 Å². The fourth-order valence-electron chi connectivity index (χ4n) is 3.54. The second-order valence-electron chi connectivity index (χ2n) is 7.39. The van der Waals surface area contributed by atoms with Gasteiger partial charge in [0.25, 0.3) is 0 Å². The Labute approximate surface area is 169 Å². The van der Waals surface area contributed by atoms with Gasteiger partial charge in [-0.2, -0.15) is 0 Å². The van der Waals surface area contributed by atoms with Crippen LogP contribution in [0.2, 0.25) is 0 Å². The molecule has 0 bridgehead atoms. The Morgan fingerprint density at radius 1 is 1.10 bits per heavy atom. The number of aryl methyl sites for hydroxylation is 1. The first-order valence-corrected chi connectivity index (χ1v) is 9.80. The van der Waals surface area contributed by atoms with Gasteiger partial charge in [0, 0.05) is 30.5 Å². The number of hydrogen-bond acceptors (Lipinski definition) is 4. The molecule has 3 aromatic rings. The van der Waals surface area contributed by atoms with Gasteiger partial charge in [0.05, 0.1) is 5.92 Å². The standard InChI is InChI=1S/C23H23FN4O/c1-16-4-10-20(11-5-16)26-23(29)18-3-2-14-28(15-18)21-12-13-25-22(27-21)17-6-8-19(24)9-7-17/h4-13,18H,2-3,14-15H2,1H3,(H,26,29)/t18-/m1/s1. The predicted molar refractivity (Wildman–Crippen MR) is 112 cm³/mol. The smallest absolute Gasteiger partial charge is 0.229 e. The Hall–Kier alpha value is -3.28. The normalized spacial score (nSPS) is 16.5. The number of hydrogen-bond donors (Lipinski definition) is 1. The van der Waals surface area contributed by atoms with Gasteiger partial charge in [-0.05, 0) is 62.2 Å². The van der Waals surface area contributed by atoms with Crippen molar-refractivity contribution in [3.8, 4) is 11.4 Å². The summed E-state index contributed by atoms with van der Waals surface area (Å²) in [5.74, 6) is 0.977. The predicted octanol–water partition coefficient (Wildman–Crippen LogP) is 4.45. The van der Waals surface area contributed by atoms with Gasteiger partial charge in [0.2, 0.25) is 5.91 Å². The fraction of sp³-hybridized carbons (Fsp3) is 0.261. The van der Waals surface area contributed by atoms with Crippen molar-refractivity contribution in [3.05, 3.63) is 72.2 Å². The van der Waals surface area contributed by atoms with Crippen LogP contribution in [0.1, 0.15) is 18.4 Å². The molecule has 6 heteroatoms. The third-order valence-corrected chi connectivity index (χ3v) is 5.18. The summed E-state index contributed by atoms with van der Waals surface area (Å²) < 4.78 is 13.2. The van der Waals surface area contributed by atoms with Crippen molar-refractivity contribution in [2.24, 2.45) is 5.92 Å². The largest absolute Gasteiger partial charge is 0.356 e. The molecule has 1 N–H and O–H groups in total. The van der Waals surface area contributed by atoms with Gasteiger partial charge in [-0.1, -0.05) is 17.7 Å². The van der Waals surface area contributed by atoms with Crippen LogP contribution < -0.4 is 10.2 Å². The van der Waals surface area contributed by atoms with Crippen molar-refractivity contribution < 1.29 is 9.18 Å². The van der Waals surface area contributed by atoms with Crippen LogP contribution in [0.4, 0.5) is 15.9 Å². The summed E-state index contributed by atoms with van der Waals surface area (Å²) in [5.41, 5.74) is 2.74. The maximum atomic E-state index is 13.2. The Kier molecular flexibility index (Phi) is 5.51. The summed E-state index contributed by atoms with van der Waals surface area (Å²) in [7, 11) is 0. The number of benzene rings is 2. The molecule has 4 rings (SSSR count). The van der Waals surface area contributed by atoms with Gasteiger partial charge in [-0.25, -0.2) is 14.4 Å². The Morgan fingerprint density at radius 3 is 2.62 bits per heavy atom. The van der Waals surface area contributed by atoms with Crippen LogP contribution >= 0.6 is 0 Å². The maximum absolute atomic E-state index is 13.2. The second kappa shape index (κ2) is 8.39. The van der Waals surface area contributed by atoms with Crippen LogP contribution in [0, 0.1) is 18.7 Å². The number of nitrogens with zero attached hydrogens (tertiary/aromatic N) is 3. The zero-order valence-electron chi connectivity index (χ0n) is 16.3. The van der Waals surface area contributed by atoms with Crippen molar-refractivity contribution in [2.45, 2.75) is 19.8 Å². The highest BCUT2D eigenvalue weighted by Crippen LogP contribution is 2.25. The lowest BCUT2D eigenvalue weighted by atomic mass is 9.97. The Bertz CT molecular complexity index is 989. The number of halogens is 1. The van der Waals surface area contributed by atoms with E-state index in [-0.39, 0.29) is 17.6 Å². The lowest BCUT2D eigenvalue weighted by Gasteiger charge is -2.33. The van der Waals surface area contributed by atoms with Gasteiger partial charge in [-0.3, -0.25) is 4.79 Å². The van der Waals surface area contributed by atoms with Crippen LogP contribution in [0.3, 0.4) is 0 Å². The van der Waals surface area contributed by atoms with Gasteiger partial charge in [0.15, 0.2) is 5.82 Å². The first-order chi connectivity index (χ1) is 14.1. The van der Waals surface area contributed by atoms with E-state index in [0.29, 0.717) is 12.4 Å². The molecule has 0 spiro atoms. The lowest BCUT2D eigenvalue weighted by Crippen LogP contribution is -2.41. The van der Waals surface area contributed by atoms with Crippen LogP contribution in [0.5, 0.6) is 0 Å². The third kappa shape index (κ3) is 4.59. The number of aromatic nitrogens is 2. The van der Waals surface area contributed by atoms with Gasteiger partial charge >= 0.3 is 0 Å². The van der Waals surface area contributed by atoms with E-state index in [0.717, 1.165) is 42.0 Å². The molecule has 1 amide bonds. The first kappa shape index (κ1) is 19.1. The molecular weight excluding hydrogens is 367 g/mol. The van der Waals surface area contributed by atoms with E-state index < -0.39 is 0 Å². The minimum atomic E-state index is -0.289. The van der Waals surface area contributed by atoms with E-state index in [1.54, 1.807) is 18.3 Å². The minimum Gasteiger partial charge on any atom is -0.356 e. The number of amides is 1. The highest BCUT2D eigenvalue weighted by atomic mass is 19.1. The highest BCUT2D eigenvalue weighted by Gasteiger charge is 2.27. The van der Waals surface area contributed by atoms with Crippen LogP contribution in [0.25, 0.3) is 11.4 Å². The molecule has 1 aliphatic heterocycles. The molecule has 5 nitrogen and oxygen atoms in total. The average Bonchev–Trinajstić information content (AvgIpc) is 2.76. The van der Waals surface area contributed by atoms with Crippen molar-refractivity contribution in [1.82, 2.24) is 9.97 Å². The van der Waals surface area contributed by atoms with Gasteiger partial charge in [-0.15, -0.1) is 0 Å². The maximum Gasteiger partial charge on any atom is 0.229 e. The van der Waals surface area contributed by atoms with E-state index in [1.165, 1.54) is 12.1 Å². The molecule has 0 radical (unpaired) electrons. The molecule has 1 aromatic heterocycles. The zero-order valence-corrected chi connectivity index (χ0v) is 16.3.